The van der Waals surface area contributed by atoms with Crippen molar-refractivity contribution in [1.82, 2.24) is 0 Å². The first-order valence-electron chi connectivity index (χ1n) is 10.5. The van der Waals surface area contributed by atoms with Crippen LogP contribution in [0.15, 0.2) is 66.7 Å². The van der Waals surface area contributed by atoms with Gasteiger partial charge in [-0.1, -0.05) is 74.7 Å². The molecule has 0 bridgehead atoms. The zero-order valence-electron chi connectivity index (χ0n) is 17.4. The monoisotopic (exact) mass is 423 g/mol. The average Bonchev–Trinajstić information content (AvgIpc) is 2.77. The Morgan fingerprint density at radius 1 is 0.871 bits per heavy atom. The predicted octanol–water partition coefficient (Wildman–Crippen LogP) is 6.11. The molecular weight excluding hydrogens is 398 g/mol. The molecule has 0 aromatic heterocycles. The average molecular weight is 423 g/mol. The number of aryl methyl sites for hydroxylation is 1. The van der Waals surface area contributed by atoms with Gasteiger partial charge in [0.25, 0.3) is 0 Å². The van der Waals surface area contributed by atoms with Crippen molar-refractivity contribution >= 4 is 5.97 Å². The Morgan fingerprint density at radius 3 is 2.06 bits per heavy atom. The normalized spacial score (nSPS) is 11.0. The van der Waals surface area contributed by atoms with Crippen molar-refractivity contribution in [3.8, 4) is 28.0 Å². The van der Waals surface area contributed by atoms with Crippen molar-refractivity contribution < 1.29 is 23.4 Å². The molecule has 0 atom stereocenters. The first-order valence-corrected chi connectivity index (χ1v) is 10.5. The molecule has 162 valence electrons. The van der Waals surface area contributed by atoms with E-state index >= 15 is 0 Å². The molecule has 0 heterocycles. The lowest BCUT2D eigenvalue weighted by atomic mass is 9.96. The quantitative estimate of drug-likeness (QED) is 0.370. The number of benzene rings is 3. The van der Waals surface area contributed by atoms with Crippen molar-refractivity contribution in [1.29, 1.82) is 0 Å². The van der Waals surface area contributed by atoms with Crippen LogP contribution in [0.5, 0.6) is 5.75 Å². The molecule has 5 heteroatoms. The van der Waals surface area contributed by atoms with Gasteiger partial charge in [-0.2, -0.15) is 8.78 Å². The maximum atomic E-state index is 12.5. The molecule has 0 saturated heterocycles. The van der Waals surface area contributed by atoms with Gasteiger partial charge in [-0.15, -0.1) is 0 Å². The smallest absolute Gasteiger partial charge is 0.387 e. The number of carboxylic acid groups (broad SMARTS) is 1. The Morgan fingerprint density at radius 2 is 1.48 bits per heavy atom. The lowest BCUT2D eigenvalue weighted by Crippen LogP contribution is -2.23. The van der Waals surface area contributed by atoms with E-state index in [1.807, 2.05) is 12.1 Å². The van der Waals surface area contributed by atoms with Crippen LogP contribution in [0, 0.1) is 0 Å². The van der Waals surface area contributed by atoms with Gasteiger partial charge in [0.1, 0.15) is 5.75 Å². The highest BCUT2D eigenvalue weighted by Gasteiger charge is 2.11. The number of ether oxygens (including phenoxy) is 1. The van der Waals surface area contributed by atoms with Crippen molar-refractivity contribution in [3.63, 3.8) is 0 Å². The molecule has 31 heavy (non-hydrogen) atoms. The lowest BCUT2D eigenvalue weighted by molar-refractivity contribution is -0.254. The van der Waals surface area contributed by atoms with Gasteiger partial charge in [-0.05, 0) is 58.9 Å². The summed E-state index contributed by atoms with van der Waals surface area (Å²) in [4.78, 5) is 11.5. The molecule has 0 aliphatic carbocycles. The molecule has 0 aliphatic heterocycles. The van der Waals surface area contributed by atoms with E-state index in [1.54, 1.807) is 12.1 Å². The van der Waals surface area contributed by atoms with Crippen LogP contribution in [0.25, 0.3) is 22.3 Å². The van der Waals surface area contributed by atoms with Crippen molar-refractivity contribution in [2.45, 2.75) is 45.6 Å². The summed E-state index contributed by atoms with van der Waals surface area (Å²) < 4.78 is 29.5. The highest BCUT2D eigenvalue weighted by atomic mass is 19.3. The number of alkyl halides is 2. The highest BCUT2D eigenvalue weighted by Crippen LogP contribution is 2.31. The van der Waals surface area contributed by atoms with Gasteiger partial charge in [-0.25, -0.2) is 0 Å². The fourth-order valence-corrected chi connectivity index (χ4v) is 3.58. The van der Waals surface area contributed by atoms with Crippen LogP contribution in [0.3, 0.4) is 0 Å². The molecule has 0 radical (unpaired) electrons. The molecule has 0 unspecified atom stereocenters. The molecular formula is C26H25F2O3-. The summed E-state index contributed by atoms with van der Waals surface area (Å²) in [6.45, 7) is -0.786. The highest BCUT2D eigenvalue weighted by molar-refractivity contribution is 5.95. The van der Waals surface area contributed by atoms with Crippen molar-refractivity contribution in [3.05, 3.63) is 77.9 Å². The number of hydrogen-bond acceptors (Lipinski definition) is 3. The standard InChI is InChI=1S/C26H26F2O3/c1-2-3-4-5-6-18-7-9-19(10-8-18)20-11-13-21(14-12-20)24-17-22(31-26(27)28)15-16-23(24)25(29)30/h7-17,26H,2-6H2,1H3,(H,29,30)/p-1. The summed E-state index contributed by atoms with van der Waals surface area (Å²) in [5.41, 5.74) is 4.12. The first kappa shape index (κ1) is 22.5. The second-order valence-corrected chi connectivity index (χ2v) is 7.46. The minimum Gasteiger partial charge on any atom is -0.545 e. The van der Waals surface area contributed by atoms with Gasteiger partial charge in [0.15, 0.2) is 0 Å². The van der Waals surface area contributed by atoms with Crippen LogP contribution >= 0.6 is 0 Å². The zero-order valence-corrected chi connectivity index (χ0v) is 17.4. The molecule has 0 aliphatic rings. The third-order valence-corrected chi connectivity index (χ3v) is 5.24. The molecule has 0 saturated carbocycles. The Hall–Kier alpha value is -3.21. The summed E-state index contributed by atoms with van der Waals surface area (Å²) in [7, 11) is 0. The van der Waals surface area contributed by atoms with Gasteiger partial charge in [-0.3, -0.25) is 0 Å². The van der Waals surface area contributed by atoms with E-state index < -0.39 is 12.6 Å². The Balaban J connectivity index is 1.79. The number of carboxylic acids is 1. The van der Waals surface area contributed by atoms with Crippen molar-refractivity contribution in [2.75, 3.05) is 0 Å². The predicted molar refractivity (Wildman–Crippen MR) is 116 cm³/mol. The van der Waals surface area contributed by atoms with E-state index in [-0.39, 0.29) is 16.9 Å². The van der Waals surface area contributed by atoms with Crippen LogP contribution in [0.4, 0.5) is 8.78 Å². The maximum Gasteiger partial charge on any atom is 0.387 e. The molecule has 3 rings (SSSR count). The topological polar surface area (TPSA) is 49.4 Å². The largest absolute Gasteiger partial charge is 0.545 e. The van der Waals surface area contributed by atoms with E-state index in [1.165, 1.54) is 49.4 Å². The minimum atomic E-state index is -2.99. The second-order valence-electron chi connectivity index (χ2n) is 7.46. The number of hydrogen-bond donors (Lipinski definition) is 0. The molecule has 3 aromatic carbocycles. The third-order valence-electron chi connectivity index (χ3n) is 5.24. The van der Waals surface area contributed by atoms with Crippen LogP contribution < -0.4 is 9.84 Å². The number of carbonyl (C=O) groups excluding carboxylic acids is 1. The van der Waals surface area contributed by atoms with Gasteiger partial charge in [0.05, 0.1) is 5.97 Å². The summed E-state index contributed by atoms with van der Waals surface area (Å²) in [5, 5.41) is 11.5. The van der Waals surface area contributed by atoms with Crippen molar-refractivity contribution in [2.24, 2.45) is 0 Å². The van der Waals surface area contributed by atoms with Crippen LogP contribution in [0.2, 0.25) is 0 Å². The Labute approximate surface area is 181 Å². The van der Waals surface area contributed by atoms with Gasteiger partial charge >= 0.3 is 6.61 Å². The van der Waals surface area contributed by atoms with E-state index in [2.05, 4.69) is 35.9 Å². The summed E-state index contributed by atoms with van der Waals surface area (Å²) in [6, 6.07) is 19.4. The fraction of sp³-hybridized carbons (Fsp3) is 0.269. The second kappa shape index (κ2) is 10.7. The molecule has 3 nitrogen and oxygen atoms in total. The summed E-state index contributed by atoms with van der Waals surface area (Å²) in [6.07, 6.45) is 6.00. The summed E-state index contributed by atoms with van der Waals surface area (Å²) >= 11 is 0. The number of halogens is 2. The number of aromatic carboxylic acids is 1. The number of unbranched alkanes of at least 4 members (excludes halogenated alkanes) is 3. The van der Waals surface area contributed by atoms with Gasteiger partial charge in [0, 0.05) is 5.56 Å². The van der Waals surface area contributed by atoms with Gasteiger partial charge in [0.2, 0.25) is 0 Å². The van der Waals surface area contributed by atoms with Crippen LogP contribution in [-0.4, -0.2) is 12.6 Å². The maximum absolute atomic E-state index is 12.5. The molecule has 0 N–H and O–H groups in total. The van der Waals surface area contributed by atoms with Gasteiger partial charge < -0.3 is 14.6 Å². The summed E-state index contributed by atoms with van der Waals surface area (Å²) in [5.74, 6) is -1.48. The number of carbonyl (C=O) groups is 1. The zero-order chi connectivity index (χ0) is 22.2. The SMILES string of the molecule is CCCCCCc1ccc(-c2ccc(-c3cc(OC(F)F)ccc3C(=O)[O-])cc2)cc1. The third kappa shape index (κ3) is 6.14. The van der Waals surface area contributed by atoms with E-state index in [0.29, 0.717) is 5.56 Å². The molecule has 0 amide bonds. The Kier molecular flexibility index (Phi) is 7.76. The fourth-order valence-electron chi connectivity index (χ4n) is 3.58. The van der Waals surface area contributed by atoms with Crippen LogP contribution in [0.1, 0.15) is 48.5 Å². The molecule has 0 fully saturated rings. The van der Waals surface area contributed by atoms with Crippen LogP contribution in [-0.2, 0) is 6.42 Å². The Bertz CT molecular complexity index is 996. The first-order chi connectivity index (χ1) is 15.0. The lowest BCUT2D eigenvalue weighted by Gasteiger charge is -2.14. The van der Waals surface area contributed by atoms with E-state index in [0.717, 1.165) is 17.5 Å². The minimum absolute atomic E-state index is 0.0817. The molecule has 0 spiro atoms. The number of rotatable bonds is 10. The van der Waals surface area contributed by atoms with E-state index in [4.69, 9.17) is 0 Å². The molecule has 3 aromatic rings. The van der Waals surface area contributed by atoms with E-state index in [9.17, 15) is 18.7 Å².